The molecule has 1 amide bonds. The van der Waals surface area contributed by atoms with Crippen LogP contribution in [0.1, 0.15) is 12.5 Å². The molecule has 0 spiro atoms. The van der Waals surface area contributed by atoms with Crippen molar-refractivity contribution in [2.24, 2.45) is 0 Å². The summed E-state index contributed by atoms with van der Waals surface area (Å²) in [5.74, 6) is -2.54. The second kappa shape index (κ2) is 9.90. The van der Waals surface area contributed by atoms with Crippen molar-refractivity contribution in [3.8, 4) is 11.8 Å². The molecule has 0 saturated carbocycles. The van der Waals surface area contributed by atoms with Crippen LogP contribution >= 0.6 is 11.8 Å². The Hall–Kier alpha value is -3.37. The molecule has 30 heavy (non-hydrogen) atoms. The average molecular weight is 424 g/mol. The number of nitrogens with zero attached hydrogens (tertiary/aromatic N) is 1. The number of nitrogens with one attached hydrogen (secondary N) is 1. The highest BCUT2D eigenvalue weighted by Crippen LogP contribution is 2.31. The Kier molecular flexibility index (Phi) is 7.04. The lowest BCUT2D eigenvalue weighted by Crippen LogP contribution is -2.13. The minimum absolute atomic E-state index is 0.0988. The zero-order valence-electron chi connectivity index (χ0n) is 16.1. The Morgan fingerprint density at radius 2 is 1.90 bits per heavy atom. The Morgan fingerprint density at radius 3 is 2.57 bits per heavy atom. The number of thioether (sulfide) groups is 1. The summed E-state index contributed by atoms with van der Waals surface area (Å²) in [5, 5.41) is 14.0. The molecule has 0 bridgehead atoms. The molecule has 0 saturated heterocycles. The molecule has 1 N–H and O–H groups in total. The van der Waals surface area contributed by atoms with Gasteiger partial charge in [0.1, 0.15) is 17.4 Å². The van der Waals surface area contributed by atoms with Crippen molar-refractivity contribution in [3.05, 3.63) is 71.8 Å². The summed E-state index contributed by atoms with van der Waals surface area (Å²) in [6.45, 7) is 2.30. The summed E-state index contributed by atoms with van der Waals surface area (Å²) in [5.41, 5.74) is 0.950. The lowest BCUT2D eigenvalue weighted by Gasteiger charge is -2.11. The van der Waals surface area contributed by atoms with Crippen LogP contribution in [0.4, 0.5) is 14.5 Å². The van der Waals surface area contributed by atoms with E-state index in [9.17, 15) is 18.8 Å². The van der Waals surface area contributed by atoms with E-state index in [-0.39, 0.29) is 5.57 Å². The topological polar surface area (TPSA) is 62.1 Å². The fourth-order valence-electron chi connectivity index (χ4n) is 2.92. The number of alkyl halides is 2. The van der Waals surface area contributed by atoms with Gasteiger partial charge in [-0.1, -0.05) is 42.1 Å². The third-order valence-electron chi connectivity index (χ3n) is 4.22. The maximum atomic E-state index is 12.6. The number of hydrogen-bond donors (Lipinski definition) is 1. The standard InChI is InChI=1S/C23H18F2N2O2S/c1-2-29-21-12-7-15-5-3-4-6-19(15)20(21)13-16(14-26)22(28)27-17-8-10-18(11-9-17)30-23(24)25/h3-13,23H,2H2,1H3,(H,27,28)/b16-13+. The molecular formula is C23H18F2N2O2S. The van der Waals surface area contributed by atoms with Gasteiger partial charge in [-0.3, -0.25) is 4.79 Å². The maximum absolute atomic E-state index is 12.6. The monoisotopic (exact) mass is 424 g/mol. The molecule has 0 aliphatic rings. The third kappa shape index (κ3) is 5.16. The molecule has 0 radical (unpaired) electrons. The van der Waals surface area contributed by atoms with Crippen molar-refractivity contribution in [3.63, 3.8) is 0 Å². The van der Waals surface area contributed by atoms with Crippen LogP contribution in [0.2, 0.25) is 0 Å². The smallest absolute Gasteiger partial charge is 0.288 e. The van der Waals surface area contributed by atoms with Crippen molar-refractivity contribution in [2.45, 2.75) is 17.6 Å². The van der Waals surface area contributed by atoms with Gasteiger partial charge in [0.2, 0.25) is 0 Å². The van der Waals surface area contributed by atoms with Gasteiger partial charge >= 0.3 is 0 Å². The molecule has 0 aliphatic carbocycles. The Labute approximate surface area is 177 Å². The van der Waals surface area contributed by atoms with E-state index in [1.165, 1.54) is 30.3 Å². The van der Waals surface area contributed by atoms with Crippen LogP contribution in [0.5, 0.6) is 5.75 Å². The number of halogens is 2. The molecule has 152 valence electrons. The van der Waals surface area contributed by atoms with Crippen molar-refractivity contribution in [1.82, 2.24) is 0 Å². The first kappa shape index (κ1) is 21.3. The highest BCUT2D eigenvalue weighted by Gasteiger charge is 2.14. The Balaban J connectivity index is 1.91. The summed E-state index contributed by atoms with van der Waals surface area (Å²) in [6, 6.07) is 19.3. The molecule has 0 fully saturated rings. The van der Waals surface area contributed by atoms with Gasteiger partial charge in [-0.2, -0.15) is 14.0 Å². The van der Waals surface area contributed by atoms with Gasteiger partial charge in [-0.25, -0.2) is 0 Å². The average Bonchev–Trinajstić information content (AvgIpc) is 2.74. The number of anilines is 1. The fraction of sp³-hybridized carbons (Fsp3) is 0.130. The van der Waals surface area contributed by atoms with Gasteiger partial charge in [0.05, 0.1) is 6.61 Å². The second-order valence-electron chi connectivity index (χ2n) is 6.16. The molecule has 3 aromatic rings. The number of nitriles is 1. The number of carbonyl (C=O) groups is 1. The van der Waals surface area contributed by atoms with E-state index in [0.717, 1.165) is 10.8 Å². The molecule has 0 aliphatic heterocycles. The number of fused-ring (bicyclic) bond motifs is 1. The third-order valence-corrected chi connectivity index (χ3v) is 4.94. The number of amides is 1. The lowest BCUT2D eigenvalue weighted by molar-refractivity contribution is -0.112. The molecule has 0 aromatic heterocycles. The van der Waals surface area contributed by atoms with Gasteiger partial charge in [-0.15, -0.1) is 0 Å². The van der Waals surface area contributed by atoms with Crippen LogP contribution in [0.3, 0.4) is 0 Å². The van der Waals surface area contributed by atoms with Crippen LogP contribution in [0.25, 0.3) is 16.8 Å². The first-order valence-corrected chi connectivity index (χ1v) is 10.0. The van der Waals surface area contributed by atoms with E-state index in [4.69, 9.17) is 4.74 Å². The van der Waals surface area contributed by atoms with E-state index in [1.54, 1.807) is 0 Å². The molecule has 3 rings (SSSR count). The van der Waals surface area contributed by atoms with Gasteiger partial charge in [0.25, 0.3) is 11.7 Å². The first-order chi connectivity index (χ1) is 14.5. The summed E-state index contributed by atoms with van der Waals surface area (Å²) >= 11 is 0.422. The van der Waals surface area contributed by atoms with Crippen LogP contribution < -0.4 is 10.1 Å². The number of carbonyl (C=O) groups excluding carboxylic acids is 1. The maximum Gasteiger partial charge on any atom is 0.288 e. The van der Waals surface area contributed by atoms with E-state index in [2.05, 4.69) is 5.32 Å². The van der Waals surface area contributed by atoms with Crippen molar-refractivity contribution in [1.29, 1.82) is 5.26 Å². The molecular weight excluding hydrogens is 406 g/mol. The largest absolute Gasteiger partial charge is 0.493 e. The molecule has 0 unspecified atom stereocenters. The highest BCUT2D eigenvalue weighted by molar-refractivity contribution is 7.99. The normalized spacial score (nSPS) is 11.4. The van der Waals surface area contributed by atoms with Gasteiger partial charge in [-0.05, 0) is 54.1 Å². The van der Waals surface area contributed by atoms with E-state index in [0.29, 0.717) is 40.3 Å². The minimum Gasteiger partial charge on any atom is -0.493 e. The zero-order chi connectivity index (χ0) is 21.5. The zero-order valence-corrected chi connectivity index (χ0v) is 16.9. The predicted molar refractivity (Wildman–Crippen MR) is 116 cm³/mol. The number of ether oxygens (including phenoxy) is 1. The van der Waals surface area contributed by atoms with Crippen LogP contribution in [0, 0.1) is 11.3 Å². The van der Waals surface area contributed by atoms with Crippen molar-refractivity contribution < 1.29 is 18.3 Å². The van der Waals surface area contributed by atoms with E-state index in [1.807, 2.05) is 49.4 Å². The molecule has 4 nitrogen and oxygen atoms in total. The fourth-order valence-corrected chi connectivity index (χ4v) is 3.42. The Bertz CT molecular complexity index is 1120. The first-order valence-electron chi connectivity index (χ1n) is 9.14. The Morgan fingerprint density at radius 1 is 1.17 bits per heavy atom. The second-order valence-corrected chi connectivity index (χ2v) is 7.22. The van der Waals surface area contributed by atoms with Crippen LogP contribution in [-0.4, -0.2) is 18.3 Å². The van der Waals surface area contributed by atoms with Crippen LogP contribution in [0.15, 0.2) is 71.1 Å². The molecule has 0 heterocycles. The minimum atomic E-state index is -2.52. The quantitative estimate of drug-likeness (QED) is 0.283. The molecule has 0 atom stereocenters. The lowest BCUT2D eigenvalue weighted by atomic mass is 10.0. The van der Waals surface area contributed by atoms with E-state index < -0.39 is 11.7 Å². The van der Waals surface area contributed by atoms with Crippen molar-refractivity contribution in [2.75, 3.05) is 11.9 Å². The summed E-state index contributed by atoms with van der Waals surface area (Å²) in [4.78, 5) is 13.0. The van der Waals surface area contributed by atoms with Gasteiger partial charge in [0.15, 0.2) is 0 Å². The summed E-state index contributed by atoms with van der Waals surface area (Å²) in [6.07, 6.45) is 1.50. The molecule has 7 heteroatoms. The predicted octanol–water partition coefficient (Wildman–Crippen LogP) is 6.10. The van der Waals surface area contributed by atoms with Crippen molar-refractivity contribution >= 4 is 40.2 Å². The summed E-state index contributed by atoms with van der Waals surface area (Å²) < 4.78 is 30.5. The van der Waals surface area contributed by atoms with Crippen LogP contribution in [-0.2, 0) is 4.79 Å². The van der Waals surface area contributed by atoms with Gasteiger partial charge < -0.3 is 10.1 Å². The number of rotatable bonds is 7. The SMILES string of the molecule is CCOc1ccc2ccccc2c1/C=C(\C#N)C(=O)Nc1ccc(SC(F)F)cc1. The number of benzene rings is 3. The van der Waals surface area contributed by atoms with E-state index >= 15 is 0 Å². The van der Waals surface area contributed by atoms with Gasteiger partial charge in [0, 0.05) is 16.1 Å². The summed E-state index contributed by atoms with van der Waals surface area (Å²) in [7, 11) is 0. The highest BCUT2D eigenvalue weighted by atomic mass is 32.2. The number of hydrogen-bond acceptors (Lipinski definition) is 4. The molecule has 3 aromatic carbocycles.